The van der Waals surface area contributed by atoms with Crippen LogP contribution in [0.1, 0.15) is 23.4 Å². The van der Waals surface area contributed by atoms with Gasteiger partial charge in [-0.2, -0.15) is 0 Å². The zero-order valence-corrected chi connectivity index (χ0v) is 12.0. The van der Waals surface area contributed by atoms with Crippen molar-refractivity contribution in [3.8, 4) is 0 Å². The van der Waals surface area contributed by atoms with Crippen molar-refractivity contribution < 1.29 is 0 Å². The molecular formula is C15H17N3S. The van der Waals surface area contributed by atoms with Crippen LogP contribution in [0, 0.1) is 6.92 Å². The van der Waals surface area contributed by atoms with Gasteiger partial charge in [0.1, 0.15) is 16.7 Å². The van der Waals surface area contributed by atoms with Gasteiger partial charge in [0.05, 0.1) is 0 Å². The maximum absolute atomic E-state index is 4.48. The number of aryl methyl sites for hydroxylation is 3. The molecule has 1 N–H and O–H groups in total. The van der Waals surface area contributed by atoms with Gasteiger partial charge in [-0.15, -0.1) is 0 Å². The zero-order valence-electron chi connectivity index (χ0n) is 11.2. The lowest BCUT2D eigenvalue weighted by Crippen LogP contribution is -1.97. The summed E-state index contributed by atoms with van der Waals surface area (Å²) in [6.45, 7) is 1.92. The van der Waals surface area contributed by atoms with Crippen LogP contribution in [0.5, 0.6) is 0 Å². The van der Waals surface area contributed by atoms with E-state index in [4.69, 9.17) is 0 Å². The second-order valence-corrected chi connectivity index (χ2v) is 5.87. The van der Waals surface area contributed by atoms with E-state index in [1.165, 1.54) is 35.3 Å². The fourth-order valence-electron chi connectivity index (χ4n) is 2.45. The van der Waals surface area contributed by atoms with Crippen LogP contribution in [-0.4, -0.2) is 17.0 Å². The van der Waals surface area contributed by atoms with E-state index in [0.29, 0.717) is 0 Å². The molecule has 98 valence electrons. The lowest BCUT2D eigenvalue weighted by molar-refractivity contribution is 0.911. The summed E-state index contributed by atoms with van der Waals surface area (Å²) < 4.78 is 0. The number of benzene rings is 1. The number of fused-ring (bicyclic) bond motifs is 1. The second-order valence-electron chi connectivity index (χ2n) is 4.77. The van der Waals surface area contributed by atoms with Crippen LogP contribution in [0.2, 0.25) is 0 Å². The Morgan fingerprint density at radius 2 is 1.95 bits per heavy atom. The zero-order chi connectivity index (χ0) is 13.2. The summed E-state index contributed by atoms with van der Waals surface area (Å²) in [6, 6.07) is 8.76. The van der Waals surface area contributed by atoms with Gasteiger partial charge in [-0.05, 0) is 49.4 Å². The molecule has 4 heteroatoms. The Hall–Kier alpha value is -1.55. The maximum Gasteiger partial charge on any atom is 0.130 e. The number of rotatable bonds is 3. The van der Waals surface area contributed by atoms with Crippen molar-refractivity contribution in [3.05, 3.63) is 41.2 Å². The molecule has 3 nitrogen and oxygen atoms in total. The summed E-state index contributed by atoms with van der Waals surface area (Å²) >= 11 is 1.71. The molecule has 0 aliphatic heterocycles. The van der Waals surface area contributed by atoms with Crippen LogP contribution >= 0.6 is 11.8 Å². The Morgan fingerprint density at radius 3 is 2.79 bits per heavy atom. The third-order valence-corrected chi connectivity index (χ3v) is 4.27. The highest BCUT2D eigenvalue weighted by molar-refractivity contribution is 7.99. The lowest BCUT2D eigenvalue weighted by atomic mass is 10.1. The van der Waals surface area contributed by atoms with E-state index in [0.717, 1.165) is 16.7 Å². The molecule has 0 saturated heterocycles. The Morgan fingerprint density at radius 1 is 1.11 bits per heavy atom. The minimum atomic E-state index is 0.801. The SMILES string of the molecule is CNc1cc(Sc2ccc3c(c2)CCC3)nc(C)n1. The molecule has 0 radical (unpaired) electrons. The Labute approximate surface area is 117 Å². The van der Waals surface area contributed by atoms with E-state index in [-0.39, 0.29) is 0 Å². The van der Waals surface area contributed by atoms with Crippen molar-refractivity contribution in [2.75, 3.05) is 12.4 Å². The quantitative estimate of drug-likeness (QED) is 0.867. The molecular weight excluding hydrogens is 254 g/mol. The summed E-state index contributed by atoms with van der Waals surface area (Å²) in [4.78, 5) is 10.1. The van der Waals surface area contributed by atoms with Gasteiger partial charge in [0.15, 0.2) is 0 Å². The third-order valence-electron chi connectivity index (χ3n) is 3.36. The van der Waals surface area contributed by atoms with Gasteiger partial charge in [0.25, 0.3) is 0 Å². The fourth-order valence-corrected chi connectivity index (χ4v) is 3.38. The van der Waals surface area contributed by atoms with Crippen molar-refractivity contribution in [3.63, 3.8) is 0 Å². The summed E-state index contributed by atoms with van der Waals surface area (Å²) in [5.74, 6) is 1.67. The Kier molecular flexibility index (Phi) is 3.42. The summed E-state index contributed by atoms with van der Waals surface area (Å²) in [7, 11) is 1.88. The van der Waals surface area contributed by atoms with Crippen molar-refractivity contribution in [2.45, 2.75) is 36.1 Å². The third kappa shape index (κ3) is 2.73. The molecule has 0 amide bonds. The van der Waals surface area contributed by atoms with E-state index < -0.39 is 0 Å². The van der Waals surface area contributed by atoms with Crippen LogP contribution in [0.4, 0.5) is 5.82 Å². The van der Waals surface area contributed by atoms with Gasteiger partial charge >= 0.3 is 0 Å². The Balaban J connectivity index is 1.86. The first-order valence-corrected chi connectivity index (χ1v) is 7.39. The van der Waals surface area contributed by atoms with Crippen LogP contribution in [0.25, 0.3) is 0 Å². The van der Waals surface area contributed by atoms with E-state index in [1.807, 2.05) is 20.0 Å². The van der Waals surface area contributed by atoms with Crippen molar-refractivity contribution >= 4 is 17.6 Å². The molecule has 1 heterocycles. The monoisotopic (exact) mass is 271 g/mol. The smallest absolute Gasteiger partial charge is 0.130 e. The first-order valence-electron chi connectivity index (χ1n) is 6.58. The molecule has 1 aromatic heterocycles. The average molecular weight is 271 g/mol. The van der Waals surface area contributed by atoms with Crippen molar-refractivity contribution in [1.82, 2.24) is 9.97 Å². The first-order chi connectivity index (χ1) is 9.24. The molecule has 0 bridgehead atoms. The van der Waals surface area contributed by atoms with Gasteiger partial charge in [-0.3, -0.25) is 0 Å². The minimum Gasteiger partial charge on any atom is -0.373 e. The highest BCUT2D eigenvalue weighted by atomic mass is 32.2. The molecule has 0 saturated carbocycles. The predicted octanol–water partition coefficient (Wildman–Crippen LogP) is 3.47. The molecule has 2 aromatic rings. The summed E-state index contributed by atoms with van der Waals surface area (Å²) in [5.41, 5.74) is 3.02. The molecule has 3 rings (SSSR count). The Bertz CT molecular complexity index is 610. The molecule has 0 atom stereocenters. The van der Waals surface area contributed by atoms with Gasteiger partial charge in [-0.25, -0.2) is 9.97 Å². The van der Waals surface area contributed by atoms with Gasteiger partial charge in [0, 0.05) is 18.0 Å². The van der Waals surface area contributed by atoms with Crippen LogP contribution in [0.3, 0.4) is 0 Å². The lowest BCUT2D eigenvalue weighted by Gasteiger charge is -2.07. The topological polar surface area (TPSA) is 37.8 Å². The molecule has 1 aliphatic rings. The van der Waals surface area contributed by atoms with Crippen molar-refractivity contribution in [2.24, 2.45) is 0 Å². The van der Waals surface area contributed by atoms with Gasteiger partial charge in [-0.1, -0.05) is 17.8 Å². The number of nitrogens with zero attached hydrogens (tertiary/aromatic N) is 2. The molecule has 0 unspecified atom stereocenters. The largest absolute Gasteiger partial charge is 0.373 e. The highest BCUT2D eigenvalue weighted by Crippen LogP contribution is 2.31. The number of aromatic nitrogens is 2. The van der Waals surface area contributed by atoms with E-state index >= 15 is 0 Å². The standard InChI is InChI=1S/C15H17N3S/c1-10-17-14(16-2)9-15(18-10)19-13-7-6-11-4-3-5-12(11)8-13/h6-9H,3-5H2,1-2H3,(H,16,17,18). The number of nitrogens with one attached hydrogen (secondary N) is 1. The van der Waals surface area contributed by atoms with Crippen LogP contribution in [0.15, 0.2) is 34.2 Å². The van der Waals surface area contributed by atoms with Crippen LogP contribution < -0.4 is 5.32 Å². The first kappa shape index (κ1) is 12.5. The average Bonchev–Trinajstić information content (AvgIpc) is 2.85. The molecule has 0 spiro atoms. The second kappa shape index (κ2) is 5.21. The summed E-state index contributed by atoms with van der Waals surface area (Å²) in [6.07, 6.45) is 3.74. The molecule has 19 heavy (non-hydrogen) atoms. The molecule has 0 fully saturated rings. The number of hydrogen-bond donors (Lipinski definition) is 1. The predicted molar refractivity (Wildman–Crippen MR) is 78.9 cm³/mol. The fraction of sp³-hybridized carbons (Fsp3) is 0.333. The molecule has 1 aromatic carbocycles. The minimum absolute atomic E-state index is 0.801. The molecule has 1 aliphatic carbocycles. The number of anilines is 1. The van der Waals surface area contributed by atoms with Gasteiger partial charge in [0.2, 0.25) is 0 Å². The van der Waals surface area contributed by atoms with Gasteiger partial charge < -0.3 is 5.32 Å². The van der Waals surface area contributed by atoms with E-state index in [2.05, 4.69) is 33.5 Å². The highest BCUT2D eigenvalue weighted by Gasteiger charge is 2.11. The van der Waals surface area contributed by atoms with Crippen molar-refractivity contribution in [1.29, 1.82) is 0 Å². The maximum atomic E-state index is 4.48. The van der Waals surface area contributed by atoms with E-state index in [9.17, 15) is 0 Å². The van der Waals surface area contributed by atoms with Crippen LogP contribution in [-0.2, 0) is 12.8 Å². The number of hydrogen-bond acceptors (Lipinski definition) is 4. The summed E-state index contributed by atoms with van der Waals surface area (Å²) in [5, 5.41) is 4.07. The van der Waals surface area contributed by atoms with E-state index in [1.54, 1.807) is 11.8 Å². The normalized spacial score (nSPS) is 13.4.